The quantitative estimate of drug-likeness (QED) is 0.437. The molecule has 0 unspecified atom stereocenters. The number of carboxylic acids is 1. The second-order valence-corrected chi connectivity index (χ2v) is 5.98. The zero-order valence-corrected chi connectivity index (χ0v) is 15.4. The zero-order chi connectivity index (χ0) is 19.9. The lowest BCUT2D eigenvalue weighted by atomic mass is 10.1. The average Bonchev–Trinajstić information content (AvgIpc) is 2.74. The smallest absolute Gasteiger partial charge is 0.337 e. The van der Waals surface area contributed by atoms with Crippen molar-refractivity contribution in [1.29, 1.82) is 5.41 Å². The zero-order valence-electron chi connectivity index (χ0n) is 15.4. The Morgan fingerprint density at radius 2 is 1.50 bits per heavy atom. The Labute approximate surface area is 163 Å². The van der Waals surface area contributed by atoms with Crippen molar-refractivity contribution in [3.05, 3.63) is 90.0 Å². The molecular formula is C23H20N2O3. The molecular weight excluding hydrogens is 352 g/mol. The first-order valence-corrected chi connectivity index (χ1v) is 8.68. The third-order valence-electron chi connectivity index (χ3n) is 4.22. The maximum atomic E-state index is 11.2. The van der Waals surface area contributed by atoms with Crippen LogP contribution in [0.3, 0.4) is 0 Å². The van der Waals surface area contributed by atoms with E-state index in [9.17, 15) is 4.79 Å². The van der Waals surface area contributed by atoms with Crippen molar-refractivity contribution in [3.63, 3.8) is 0 Å². The van der Waals surface area contributed by atoms with Crippen LogP contribution in [0, 0.1) is 5.41 Å². The molecule has 3 rings (SSSR count). The first-order chi connectivity index (χ1) is 13.6. The first-order valence-electron chi connectivity index (χ1n) is 8.68. The van der Waals surface area contributed by atoms with Gasteiger partial charge in [-0.3, -0.25) is 0 Å². The van der Waals surface area contributed by atoms with Gasteiger partial charge in [0.05, 0.1) is 12.7 Å². The van der Waals surface area contributed by atoms with Crippen LogP contribution in [0.1, 0.15) is 5.56 Å². The largest absolute Gasteiger partial charge is 0.496 e. The number of hydrogen-bond donors (Lipinski definition) is 2. The molecule has 140 valence electrons. The van der Waals surface area contributed by atoms with Crippen LogP contribution < -0.4 is 9.64 Å². The number of carboxylic acid groups (broad SMARTS) is 1. The van der Waals surface area contributed by atoms with Gasteiger partial charge in [-0.25, -0.2) is 4.79 Å². The topological polar surface area (TPSA) is 73.6 Å². The molecule has 0 atom stereocenters. The monoisotopic (exact) mass is 372 g/mol. The lowest BCUT2D eigenvalue weighted by Gasteiger charge is -2.26. The van der Waals surface area contributed by atoms with Gasteiger partial charge in [0.25, 0.3) is 0 Å². The number of anilines is 3. The minimum Gasteiger partial charge on any atom is -0.496 e. The maximum absolute atomic E-state index is 11.2. The standard InChI is InChI=1S/C23H20N2O3/c1-28-22-15-21(13-12-17(22)14-18(16-24)23(26)27)25(19-8-4-2-5-9-19)20-10-6-3-7-11-20/h2-16,24H,1H3,(H,26,27)/b18-14+,24-16?. The van der Waals surface area contributed by atoms with Crippen molar-refractivity contribution in [1.82, 2.24) is 0 Å². The molecule has 0 saturated carbocycles. The molecule has 5 nitrogen and oxygen atoms in total. The Kier molecular flexibility index (Phi) is 5.87. The van der Waals surface area contributed by atoms with Gasteiger partial charge >= 0.3 is 5.97 Å². The molecule has 0 aromatic heterocycles. The molecule has 0 fully saturated rings. The molecule has 0 aliphatic heterocycles. The highest BCUT2D eigenvalue weighted by atomic mass is 16.5. The minimum absolute atomic E-state index is 0.117. The van der Waals surface area contributed by atoms with Gasteiger partial charge in [0.2, 0.25) is 0 Å². The second-order valence-electron chi connectivity index (χ2n) is 5.98. The SMILES string of the molecule is COc1cc(N(c2ccccc2)c2ccccc2)ccc1/C=C(\C=N)C(=O)O. The van der Waals surface area contributed by atoms with Crippen molar-refractivity contribution in [2.75, 3.05) is 12.0 Å². The number of aliphatic carboxylic acids is 1. The number of rotatable bonds is 7. The fraction of sp³-hybridized carbons (Fsp3) is 0.0435. The highest BCUT2D eigenvalue weighted by Gasteiger charge is 2.14. The van der Waals surface area contributed by atoms with Gasteiger partial charge in [-0.15, -0.1) is 0 Å². The molecule has 0 saturated heterocycles. The Hall–Kier alpha value is -3.86. The number of hydrogen-bond acceptors (Lipinski definition) is 4. The van der Waals surface area contributed by atoms with Crippen LogP contribution in [0.5, 0.6) is 5.75 Å². The molecule has 0 aliphatic carbocycles. The molecule has 3 aromatic carbocycles. The number of nitrogens with one attached hydrogen (secondary N) is 1. The van der Waals surface area contributed by atoms with Crippen LogP contribution in [-0.2, 0) is 4.79 Å². The number of nitrogens with zero attached hydrogens (tertiary/aromatic N) is 1. The van der Waals surface area contributed by atoms with Gasteiger partial charge in [-0.2, -0.15) is 0 Å². The van der Waals surface area contributed by atoms with Gasteiger partial charge in [0.15, 0.2) is 0 Å². The van der Waals surface area contributed by atoms with Crippen molar-refractivity contribution >= 4 is 35.3 Å². The molecule has 3 aromatic rings. The van der Waals surface area contributed by atoms with E-state index in [-0.39, 0.29) is 5.57 Å². The molecule has 0 aliphatic rings. The van der Waals surface area contributed by atoms with Crippen LogP contribution >= 0.6 is 0 Å². The molecule has 28 heavy (non-hydrogen) atoms. The predicted molar refractivity (Wildman–Crippen MR) is 112 cm³/mol. The lowest BCUT2D eigenvalue weighted by molar-refractivity contribution is -0.131. The number of methoxy groups -OCH3 is 1. The molecule has 0 radical (unpaired) electrons. The summed E-state index contributed by atoms with van der Waals surface area (Å²) < 4.78 is 5.49. The summed E-state index contributed by atoms with van der Waals surface area (Å²) in [5.74, 6) is -0.633. The predicted octanol–water partition coefficient (Wildman–Crippen LogP) is 5.28. The number of para-hydroxylation sites is 2. The van der Waals surface area contributed by atoms with Crippen molar-refractivity contribution in [2.45, 2.75) is 0 Å². The fourth-order valence-corrected chi connectivity index (χ4v) is 2.89. The van der Waals surface area contributed by atoms with Crippen LogP contribution in [-0.4, -0.2) is 24.4 Å². The fourth-order valence-electron chi connectivity index (χ4n) is 2.89. The van der Waals surface area contributed by atoms with Crippen molar-refractivity contribution < 1.29 is 14.6 Å². The van der Waals surface area contributed by atoms with E-state index < -0.39 is 5.97 Å². The van der Waals surface area contributed by atoms with Gasteiger partial charge in [-0.1, -0.05) is 36.4 Å². The molecule has 0 spiro atoms. The van der Waals surface area contributed by atoms with Crippen LogP contribution in [0.4, 0.5) is 17.1 Å². The summed E-state index contributed by atoms with van der Waals surface area (Å²) in [5.41, 5.74) is 3.33. The van der Waals surface area contributed by atoms with E-state index in [0.29, 0.717) is 11.3 Å². The van der Waals surface area contributed by atoms with E-state index in [1.807, 2.05) is 72.8 Å². The van der Waals surface area contributed by atoms with E-state index >= 15 is 0 Å². The Morgan fingerprint density at radius 3 is 1.96 bits per heavy atom. The first kappa shape index (κ1) is 18.9. The minimum atomic E-state index is -1.16. The van der Waals surface area contributed by atoms with Gasteiger partial charge in [-0.05, 0) is 42.5 Å². The number of carbonyl (C=O) groups is 1. The molecule has 0 amide bonds. The normalized spacial score (nSPS) is 11.0. The van der Waals surface area contributed by atoms with Crippen molar-refractivity contribution in [3.8, 4) is 5.75 Å². The average molecular weight is 372 g/mol. The summed E-state index contributed by atoms with van der Waals surface area (Å²) in [7, 11) is 1.54. The summed E-state index contributed by atoms with van der Waals surface area (Å²) in [4.78, 5) is 13.3. The number of benzene rings is 3. The summed E-state index contributed by atoms with van der Waals surface area (Å²) >= 11 is 0. The lowest BCUT2D eigenvalue weighted by Crippen LogP contribution is -2.10. The van der Waals surface area contributed by atoms with Gasteiger partial charge < -0.3 is 20.2 Å². The highest BCUT2D eigenvalue weighted by molar-refractivity contribution is 6.12. The number of ether oxygens (including phenoxy) is 1. The molecule has 0 bridgehead atoms. The van der Waals surface area contributed by atoms with E-state index in [1.54, 1.807) is 6.07 Å². The molecule has 0 heterocycles. The van der Waals surface area contributed by atoms with Crippen LogP contribution in [0.25, 0.3) is 6.08 Å². The van der Waals surface area contributed by atoms with Gasteiger partial charge in [0.1, 0.15) is 5.75 Å². The van der Waals surface area contributed by atoms with Crippen molar-refractivity contribution in [2.24, 2.45) is 0 Å². The second kappa shape index (κ2) is 8.68. The Balaban J connectivity index is 2.12. The maximum Gasteiger partial charge on any atom is 0.337 e. The summed E-state index contributed by atoms with van der Waals surface area (Å²) in [5, 5.41) is 16.4. The van der Waals surface area contributed by atoms with E-state index in [1.165, 1.54) is 13.2 Å². The van der Waals surface area contributed by atoms with Crippen LogP contribution in [0.15, 0.2) is 84.4 Å². The summed E-state index contributed by atoms with van der Waals surface area (Å²) in [6.45, 7) is 0. The molecule has 2 N–H and O–H groups in total. The van der Waals surface area contributed by atoms with Gasteiger partial charge in [0, 0.05) is 34.9 Å². The third kappa shape index (κ3) is 4.10. The van der Waals surface area contributed by atoms with E-state index in [2.05, 4.69) is 4.90 Å². The highest BCUT2D eigenvalue weighted by Crippen LogP contribution is 2.37. The molecule has 5 heteroatoms. The van der Waals surface area contributed by atoms with E-state index in [0.717, 1.165) is 23.3 Å². The Bertz CT molecular complexity index is 959. The van der Waals surface area contributed by atoms with Crippen LogP contribution in [0.2, 0.25) is 0 Å². The third-order valence-corrected chi connectivity index (χ3v) is 4.22. The Morgan fingerprint density at radius 1 is 0.929 bits per heavy atom. The summed E-state index contributed by atoms with van der Waals surface area (Å²) in [6.07, 6.45) is 2.24. The van der Waals surface area contributed by atoms with E-state index in [4.69, 9.17) is 15.3 Å². The summed E-state index contributed by atoms with van der Waals surface area (Å²) in [6, 6.07) is 25.5.